The van der Waals surface area contributed by atoms with Crippen LogP contribution in [0, 0.1) is 13.5 Å². The lowest BCUT2D eigenvalue weighted by Crippen LogP contribution is -2.38. The fourth-order valence-corrected chi connectivity index (χ4v) is 11.1. The number of hydrogen-bond donors (Lipinski definition) is 2. The fraction of sp³-hybridized carbons (Fsp3) is 0.438. The average molecular weight is 896 g/mol. The van der Waals surface area contributed by atoms with E-state index in [0.29, 0.717) is 16.8 Å². The number of amides is 1. The summed E-state index contributed by atoms with van der Waals surface area (Å²) in [4.78, 5) is 62.4. The molecule has 2 unspecified atom stereocenters. The van der Waals surface area contributed by atoms with E-state index >= 15 is 4.39 Å². The summed E-state index contributed by atoms with van der Waals surface area (Å²) < 4.78 is 67.8. The van der Waals surface area contributed by atoms with Gasteiger partial charge in [-0.1, -0.05) is 29.5 Å². The van der Waals surface area contributed by atoms with E-state index in [0.717, 1.165) is 22.2 Å². The molecule has 306 valence electrons. The maximum Gasteiger partial charge on any atom is 0.328 e. The van der Waals surface area contributed by atoms with Gasteiger partial charge in [0.25, 0.3) is 5.91 Å². The van der Waals surface area contributed by atoms with Crippen molar-refractivity contribution in [1.29, 1.82) is 0 Å². The number of nitrogens with zero attached hydrogens (tertiary/aromatic N) is 8. The van der Waals surface area contributed by atoms with Crippen molar-refractivity contribution in [3.8, 4) is 0 Å². The summed E-state index contributed by atoms with van der Waals surface area (Å²) in [6.45, 7) is -0.670. The van der Waals surface area contributed by atoms with Crippen LogP contribution in [0.15, 0.2) is 54.1 Å². The zero-order valence-electron chi connectivity index (χ0n) is 30.2. The van der Waals surface area contributed by atoms with Crippen LogP contribution >= 0.6 is 24.8 Å². The Labute approximate surface area is 341 Å². The molecule has 10 atom stereocenters. The number of carbonyl (C=O) groups excluding carboxylic acids is 1. The van der Waals surface area contributed by atoms with Crippen molar-refractivity contribution in [3.05, 3.63) is 81.7 Å². The Balaban J connectivity index is 1.14. The van der Waals surface area contributed by atoms with Crippen LogP contribution in [-0.2, 0) is 60.4 Å². The predicted molar refractivity (Wildman–Crippen MR) is 210 cm³/mol. The molecule has 26 heteroatoms. The van der Waals surface area contributed by atoms with Crippen molar-refractivity contribution >= 4 is 81.6 Å². The molecule has 3 saturated heterocycles. The summed E-state index contributed by atoms with van der Waals surface area (Å²) in [6, 6.07) is 8.41. The molecule has 20 nitrogen and oxygen atoms in total. The molecule has 3 fully saturated rings. The van der Waals surface area contributed by atoms with Gasteiger partial charge >= 0.3 is 18.3 Å². The van der Waals surface area contributed by atoms with Crippen molar-refractivity contribution in [3.63, 3.8) is 0 Å². The minimum atomic E-state index is -4.32. The normalized spacial score (nSPS) is 31.6. The molecule has 5 aromatic rings. The van der Waals surface area contributed by atoms with Gasteiger partial charge < -0.3 is 42.8 Å². The molecule has 3 aliphatic heterocycles. The van der Waals surface area contributed by atoms with E-state index in [1.165, 1.54) is 24.3 Å². The second-order valence-corrected chi connectivity index (χ2v) is 19.6. The fourth-order valence-electron chi connectivity index (χ4n) is 6.68. The molecule has 4 aromatic heterocycles. The van der Waals surface area contributed by atoms with Crippen molar-refractivity contribution in [2.45, 2.75) is 56.1 Å². The lowest BCUT2D eigenvalue weighted by Gasteiger charge is -2.29. The van der Waals surface area contributed by atoms with Crippen molar-refractivity contribution in [2.24, 2.45) is 0 Å². The number of nitrogens with one attached hydrogen (secondary N) is 1. The smallest absolute Gasteiger partial charge is 0.328 e. The van der Waals surface area contributed by atoms with Crippen LogP contribution < -0.4 is 10.2 Å². The minimum Gasteiger partial charge on any atom is -0.376 e. The van der Waals surface area contributed by atoms with Crippen LogP contribution in [0.1, 0.15) is 28.5 Å². The second-order valence-electron chi connectivity index (χ2n) is 12.9. The standard InChI is InChI=1S/C32H32FN9O11P2S3/c1-16-21-27(37-13-35-16)41(15-39-21)30-20(33)22-18(50-30)11-48-54(45,56)52-24-23(46-3)19(12-49-55(57,53-22)47-10-9-34-2)51-31(24)42-28-25(58-32(42)44)26(36-14-38-28)40-29(43)17-7-5-4-6-8-17/h4-8,13-15,18-20,22-24,30-31H,9-12H2,1,3H3,(H,45,56)(H,36,38,40,43)/t18-,19-,20-,22-,23-,24-,30-,31-,54?,55?/m1/s1. The Bertz CT molecular complexity index is 2550. The van der Waals surface area contributed by atoms with E-state index in [9.17, 15) is 14.5 Å². The second kappa shape index (κ2) is 16.8. The largest absolute Gasteiger partial charge is 0.376 e. The van der Waals surface area contributed by atoms with Crippen LogP contribution in [0.5, 0.6) is 0 Å². The Hall–Kier alpha value is -3.63. The van der Waals surface area contributed by atoms with Crippen LogP contribution in [0.25, 0.3) is 26.4 Å². The van der Waals surface area contributed by atoms with E-state index in [2.05, 4.69) is 35.1 Å². The van der Waals surface area contributed by atoms with Gasteiger partial charge in [-0.25, -0.2) is 35.9 Å². The number of hydrogen-bond acceptors (Lipinski definition) is 18. The van der Waals surface area contributed by atoms with Gasteiger partial charge in [-0.05, 0) is 42.7 Å². The molecule has 1 aromatic carbocycles. The highest BCUT2D eigenvalue weighted by atomic mass is 32.5. The molecule has 58 heavy (non-hydrogen) atoms. The number of benzene rings is 1. The third-order valence-corrected chi connectivity index (χ3v) is 14.2. The van der Waals surface area contributed by atoms with Crippen molar-refractivity contribution in [2.75, 3.05) is 38.8 Å². The lowest BCUT2D eigenvalue weighted by molar-refractivity contribution is -0.0623. The van der Waals surface area contributed by atoms with E-state index in [1.54, 1.807) is 37.3 Å². The highest BCUT2D eigenvalue weighted by molar-refractivity contribution is 8.07. The number of anilines is 1. The third kappa shape index (κ3) is 8.01. The third-order valence-electron chi connectivity index (χ3n) is 9.32. The van der Waals surface area contributed by atoms with Crippen molar-refractivity contribution < 1.29 is 50.9 Å². The number of aromatic nitrogens is 7. The van der Waals surface area contributed by atoms with Crippen LogP contribution in [-0.4, -0.2) is 115 Å². The summed E-state index contributed by atoms with van der Waals surface area (Å²) >= 11 is 12.0. The number of imidazole rings is 1. The Kier molecular flexibility index (Phi) is 11.9. The first-order valence-electron chi connectivity index (χ1n) is 17.3. The highest BCUT2D eigenvalue weighted by Crippen LogP contribution is 2.57. The summed E-state index contributed by atoms with van der Waals surface area (Å²) in [5, 5.41) is 2.72. The van der Waals surface area contributed by atoms with Gasteiger partial charge in [0.2, 0.25) is 6.54 Å². The van der Waals surface area contributed by atoms with Gasteiger partial charge in [-0.3, -0.25) is 27.8 Å². The molecular weight excluding hydrogens is 864 g/mol. The number of methoxy groups -OCH3 is 1. The molecule has 0 spiro atoms. The summed E-state index contributed by atoms with van der Waals surface area (Å²) in [7, 11) is 1.34. The monoisotopic (exact) mass is 895 g/mol. The summed E-state index contributed by atoms with van der Waals surface area (Å²) in [5.41, 5.74) is 1.67. The zero-order chi connectivity index (χ0) is 40.8. The number of alkyl halides is 1. The van der Waals surface area contributed by atoms with Gasteiger partial charge in [0.05, 0.1) is 25.2 Å². The SMILES string of the molecule is [C-]#[N+]CCOP1(=S)OC[C@H]2O[C@@H](n3c(=O)sc4c(NC(=O)c5ccccc5)ncnc43)[C@H](OP(O)(=S)OC[C@H]3O[C@@H](n4cnc5c(C)ncnc54)[C@H](F)[C@@H]3O1)[C@@H]2OC. The number of thiazole rings is 1. The van der Waals surface area contributed by atoms with Crippen LogP contribution in [0.2, 0.25) is 0 Å². The van der Waals surface area contributed by atoms with Gasteiger partial charge in [0.1, 0.15) is 60.0 Å². The topological polar surface area (TPSA) is 219 Å². The lowest BCUT2D eigenvalue weighted by atomic mass is 10.1. The van der Waals surface area contributed by atoms with Gasteiger partial charge in [0, 0.05) is 12.7 Å². The van der Waals surface area contributed by atoms with Crippen molar-refractivity contribution in [1.82, 2.24) is 34.1 Å². The number of rotatable bonds is 8. The molecule has 2 N–H and O–H groups in total. The van der Waals surface area contributed by atoms with E-state index in [-0.39, 0.29) is 35.0 Å². The molecule has 8 rings (SSSR count). The first-order chi connectivity index (χ1) is 27.9. The van der Waals surface area contributed by atoms with E-state index in [1.807, 2.05) is 0 Å². The molecule has 7 heterocycles. The van der Waals surface area contributed by atoms with Gasteiger partial charge in [-0.15, -0.1) is 0 Å². The Morgan fingerprint density at radius 3 is 2.57 bits per heavy atom. The van der Waals surface area contributed by atoms with Crippen LogP contribution in [0.4, 0.5) is 10.2 Å². The summed E-state index contributed by atoms with van der Waals surface area (Å²) in [5.74, 6) is -0.409. The number of ether oxygens (including phenoxy) is 3. The zero-order valence-corrected chi connectivity index (χ0v) is 34.4. The maximum absolute atomic E-state index is 16.7. The van der Waals surface area contributed by atoms with E-state index < -0.39 is 86.6 Å². The Morgan fingerprint density at radius 2 is 1.79 bits per heavy atom. The van der Waals surface area contributed by atoms with E-state index in [4.69, 9.17) is 67.0 Å². The molecular formula is C32H32FN9O11P2S3. The molecule has 3 aliphatic rings. The first-order valence-corrected chi connectivity index (χ1v) is 23.3. The molecule has 0 saturated carbocycles. The summed E-state index contributed by atoms with van der Waals surface area (Å²) in [6.07, 6.45) is -7.28. The molecule has 1 amide bonds. The molecule has 0 aliphatic carbocycles. The van der Waals surface area contributed by atoms with Crippen LogP contribution in [0.3, 0.4) is 0 Å². The average Bonchev–Trinajstić information content (AvgIpc) is 3.95. The molecule has 0 radical (unpaired) electrons. The number of carbonyl (C=O) groups is 1. The number of fused-ring (bicyclic) bond motifs is 5. The highest BCUT2D eigenvalue weighted by Gasteiger charge is 2.54. The quantitative estimate of drug-likeness (QED) is 0.129. The van der Waals surface area contributed by atoms with Gasteiger partial charge in [0.15, 0.2) is 35.7 Å². The maximum atomic E-state index is 16.7. The number of aryl methyl sites for hydroxylation is 1. The number of halogens is 1. The van der Waals surface area contributed by atoms with Gasteiger partial charge in [-0.2, -0.15) is 0 Å². The minimum absolute atomic E-state index is 0.0577. The molecule has 2 bridgehead atoms. The first kappa shape index (κ1) is 41.1. The predicted octanol–water partition coefficient (Wildman–Crippen LogP) is 3.60. The Morgan fingerprint density at radius 1 is 1.05 bits per heavy atom.